The zero-order valence-electron chi connectivity index (χ0n) is 9.66. The van der Waals surface area contributed by atoms with E-state index < -0.39 is 0 Å². The minimum Gasteiger partial charge on any atom is -0.379 e. The molecule has 1 aromatic rings. The van der Waals surface area contributed by atoms with Gasteiger partial charge in [0.05, 0.1) is 24.4 Å². The summed E-state index contributed by atoms with van der Waals surface area (Å²) in [5.41, 5.74) is 3.06. The Labute approximate surface area is 100 Å². The van der Waals surface area contributed by atoms with Gasteiger partial charge in [0.15, 0.2) is 0 Å². The summed E-state index contributed by atoms with van der Waals surface area (Å²) in [4.78, 5) is 5.57. The van der Waals surface area contributed by atoms with Crippen molar-refractivity contribution in [2.24, 2.45) is 0 Å². The minimum atomic E-state index is 0.517. The number of aromatic nitrogens is 1. The molecule has 2 heterocycles. The molecule has 1 saturated heterocycles. The summed E-state index contributed by atoms with van der Waals surface area (Å²) >= 11 is 1.72. The lowest BCUT2D eigenvalue weighted by Crippen LogP contribution is -2.42. The fourth-order valence-corrected chi connectivity index (χ4v) is 2.53. The van der Waals surface area contributed by atoms with E-state index in [-0.39, 0.29) is 0 Å². The molecule has 1 aromatic heterocycles. The summed E-state index contributed by atoms with van der Waals surface area (Å²) in [7, 11) is 0. The van der Waals surface area contributed by atoms with Crippen LogP contribution in [0.4, 0.5) is 0 Å². The van der Waals surface area contributed by atoms with Crippen LogP contribution in [0, 0.1) is 6.92 Å². The van der Waals surface area contributed by atoms with E-state index in [1.165, 1.54) is 4.88 Å². The highest BCUT2D eigenvalue weighted by molar-refractivity contribution is 7.09. The molecule has 0 amide bonds. The lowest BCUT2D eigenvalue weighted by Gasteiger charge is -2.23. The highest BCUT2D eigenvalue weighted by atomic mass is 32.1. The number of hydrogen-bond acceptors (Lipinski definition) is 5. The van der Waals surface area contributed by atoms with Crippen LogP contribution in [0.15, 0.2) is 5.51 Å². The third kappa shape index (κ3) is 3.52. The van der Waals surface area contributed by atoms with Crippen molar-refractivity contribution in [2.75, 3.05) is 26.3 Å². The number of nitrogens with zero attached hydrogens (tertiary/aromatic N) is 1. The molecule has 1 aliphatic heterocycles. The summed E-state index contributed by atoms with van der Waals surface area (Å²) in [5.74, 6) is 0. The Balaban J connectivity index is 1.59. The van der Waals surface area contributed by atoms with E-state index in [0.717, 1.165) is 45.0 Å². The monoisotopic (exact) mass is 241 g/mol. The molecule has 5 heteroatoms. The van der Waals surface area contributed by atoms with Gasteiger partial charge in [0.25, 0.3) is 0 Å². The smallest absolute Gasteiger partial charge is 0.0798 e. The van der Waals surface area contributed by atoms with Gasteiger partial charge in [0, 0.05) is 24.0 Å². The maximum Gasteiger partial charge on any atom is 0.0798 e. The first-order valence-electron chi connectivity index (χ1n) is 5.77. The number of rotatable bonds is 5. The third-order valence-corrected chi connectivity index (χ3v) is 3.73. The van der Waals surface area contributed by atoms with Crippen LogP contribution in [-0.2, 0) is 11.3 Å². The molecule has 2 N–H and O–H groups in total. The first-order valence-corrected chi connectivity index (χ1v) is 6.65. The van der Waals surface area contributed by atoms with Crippen molar-refractivity contribution in [1.82, 2.24) is 15.6 Å². The van der Waals surface area contributed by atoms with Crippen LogP contribution < -0.4 is 10.6 Å². The highest BCUT2D eigenvalue weighted by Crippen LogP contribution is 2.11. The van der Waals surface area contributed by atoms with E-state index in [1.807, 2.05) is 5.51 Å². The Morgan fingerprint density at radius 3 is 3.31 bits per heavy atom. The Morgan fingerprint density at radius 2 is 2.62 bits per heavy atom. The number of aryl methyl sites for hydroxylation is 1. The SMILES string of the molecule is Cc1ncsc1CNCCC1COCCN1. The van der Waals surface area contributed by atoms with E-state index in [9.17, 15) is 0 Å². The lowest BCUT2D eigenvalue weighted by molar-refractivity contribution is 0.0742. The predicted octanol–water partition coefficient (Wildman–Crippen LogP) is 0.920. The van der Waals surface area contributed by atoms with E-state index in [2.05, 4.69) is 22.5 Å². The van der Waals surface area contributed by atoms with Crippen molar-refractivity contribution in [1.29, 1.82) is 0 Å². The zero-order valence-corrected chi connectivity index (χ0v) is 10.5. The first-order chi connectivity index (χ1) is 7.86. The van der Waals surface area contributed by atoms with Crippen LogP contribution in [0.1, 0.15) is 17.0 Å². The highest BCUT2D eigenvalue weighted by Gasteiger charge is 2.11. The standard InChI is InChI=1S/C11H19N3OS/c1-9-11(16-8-14-9)6-12-3-2-10-7-15-5-4-13-10/h8,10,12-13H,2-7H2,1H3. The van der Waals surface area contributed by atoms with Crippen LogP contribution in [0.5, 0.6) is 0 Å². The molecular weight excluding hydrogens is 222 g/mol. The first kappa shape index (κ1) is 12.0. The number of ether oxygens (including phenoxy) is 1. The predicted molar refractivity (Wildman–Crippen MR) is 65.8 cm³/mol. The summed E-state index contributed by atoms with van der Waals surface area (Å²) < 4.78 is 5.41. The topological polar surface area (TPSA) is 46.2 Å². The quantitative estimate of drug-likeness (QED) is 0.753. The molecule has 0 aliphatic carbocycles. The molecule has 0 aromatic carbocycles. The Kier molecular flexibility index (Phi) is 4.71. The molecule has 0 bridgehead atoms. The molecule has 2 rings (SSSR count). The van der Waals surface area contributed by atoms with Crippen molar-refractivity contribution in [3.8, 4) is 0 Å². The number of nitrogens with one attached hydrogen (secondary N) is 2. The number of hydrogen-bond donors (Lipinski definition) is 2. The number of thiazole rings is 1. The fraction of sp³-hybridized carbons (Fsp3) is 0.727. The van der Waals surface area contributed by atoms with Crippen molar-refractivity contribution in [3.05, 3.63) is 16.1 Å². The van der Waals surface area contributed by atoms with E-state index in [0.29, 0.717) is 6.04 Å². The summed E-state index contributed by atoms with van der Waals surface area (Å²) in [6, 6.07) is 0.517. The van der Waals surface area contributed by atoms with Gasteiger partial charge >= 0.3 is 0 Å². The molecule has 16 heavy (non-hydrogen) atoms. The van der Waals surface area contributed by atoms with Crippen molar-refractivity contribution >= 4 is 11.3 Å². The second-order valence-corrected chi connectivity index (χ2v) is 4.99. The second-order valence-electron chi connectivity index (χ2n) is 4.05. The van der Waals surface area contributed by atoms with Gasteiger partial charge < -0.3 is 15.4 Å². The lowest BCUT2D eigenvalue weighted by atomic mass is 10.2. The van der Waals surface area contributed by atoms with Crippen LogP contribution in [0.2, 0.25) is 0 Å². The molecule has 0 spiro atoms. The normalized spacial score (nSPS) is 21.2. The number of morpholine rings is 1. The molecule has 4 nitrogen and oxygen atoms in total. The largest absolute Gasteiger partial charge is 0.379 e. The third-order valence-electron chi connectivity index (χ3n) is 2.80. The fourth-order valence-electron chi connectivity index (χ4n) is 1.78. The molecular formula is C11H19N3OS. The Bertz CT molecular complexity index is 310. The van der Waals surface area contributed by atoms with Crippen LogP contribution in [0.25, 0.3) is 0 Å². The molecule has 1 unspecified atom stereocenters. The summed E-state index contributed by atoms with van der Waals surface area (Å²) in [6.07, 6.45) is 1.12. The maximum absolute atomic E-state index is 5.41. The van der Waals surface area contributed by atoms with Crippen molar-refractivity contribution in [2.45, 2.75) is 25.9 Å². The van der Waals surface area contributed by atoms with Crippen molar-refractivity contribution < 1.29 is 4.74 Å². The van der Waals surface area contributed by atoms with Crippen molar-refractivity contribution in [3.63, 3.8) is 0 Å². The zero-order chi connectivity index (χ0) is 11.2. The van der Waals surface area contributed by atoms with Gasteiger partial charge in [-0.1, -0.05) is 0 Å². The maximum atomic E-state index is 5.41. The van der Waals surface area contributed by atoms with Crippen LogP contribution >= 0.6 is 11.3 Å². The van der Waals surface area contributed by atoms with Gasteiger partial charge in [-0.2, -0.15) is 0 Å². The molecule has 1 aliphatic rings. The van der Waals surface area contributed by atoms with E-state index in [1.54, 1.807) is 11.3 Å². The van der Waals surface area contributed by atoms with Gasteiger partial charge in [-0.25, -0.2) is 4.98 Å². The molecule has 0 radical (unpaired) electrons. The van der Waals surface area contributed by atoms with Gasteiger partial charge in [-0.05, 0) is 19.9 Å². The van der Waals surface area contributed by atoms with Gasteiger partial charge in [0.1, 0.15) is 0 Å². The van der Waals surface area contributed by atoms with Crippen LogP contribution in [0.3, 0.4) is 0 Å². The Morgan fingerprint density at radius 1 is 1.69 bits per heavy atom. The van der Waals surface area contributed by atoms with Gasteiger partial charge in [-0.15, -0.1) is 11.3 Å². The minimum absolute atomic E-state index is 0.517. The second kappa shape index (κ2) is 6.30. The summed E-state index contributed by atoms with van der Waals surface area (Å²) in [5, 5.41) is 6.90. The average molecular weight is 241 g/mol. The average Bonchev–Trinajstić information content (AvgIpc) is 2.72. The van der Waals surface area contributed by atoms with E-state index >= 15 is 0 Å². The van der Waals surface area contributed by atoms with Gasteiger partial charge in [-0.3, -0.25) is 0 Å². The molecule has 1 atom stereocenters. The molecule has 1 fully saturated rings. The van der Waals surface area contributed by atoms with E-state index in [4.69, 9.17) is 4.74 Å². The summed E-state index contributed by atoms with van der Waals surface area (Å²) in [6.45, 7) is 6.70. The molecule has 90 valence electrons. The Hall–Kier alpha value is -0.490. The van der Waals surface area contributed by atoms with Crippen LogP contribution in [-0.4, -0.2) is 37.3 Å². The van der Waals surface area contributed by atoms with Gasteiger partial charge in [0.2, 0.25) is 0 Å². The molecule has 0 saturated carbocycles.